The molecule has 112 valence electrons. The summed E-state index contributed by atoms with van der Waals surface area (Å²) in [5, 5.41) is 3.44. The molecule has 0 aliphatic rings. The Bertz CT molecular complexity index is 592. The van der Waals surface area contributed by atoms with Gasteiger partial charge in [-0.3, -0.25) is 0 Å². The van der Waals surface area contributed by atoms with E-state index in [0.717, 1.165) is 18.6 Å². The molecule has 2 aromatic rings. The van der Waals surface area contributed by atoms with Gasteiger partial charge in [-0.1, -0.05) is 35.9 Å². The zero-order valence-electron chi connectivity index (χ0n) is 13.4. The summed E-state index contributed by atoms with van der Waals surface area (Å²) in [6, 6.07) is 15.5. The molecule has 1 N–H and O–H groups in total. The lowest BCUT2D eigenvalue weighted by molar-refractivity contribution is 0.414. The molecule has 0 aliphatic carbocycles. The number of methoxy groups -OCH3 is 1. The van der Waals surface area contributed by atoms with Crippen LogP contribution in [0.1, 0.15) is 34.7 Å². The van der Waals surface area contributed by atoms with E-state index in [1.54, 1.807) is 7.11 Å². The molecule has 0 saturated heterocycles. The van der Waals surface area contributed by atoms with Crippen molar-refractivity contribution in [1.82, 2.24) is 5.32 Å². The average molecular weight is 283 g/mol. The van der Waals surface area contributed by atoms with Crippen LogP contribution in [0.2, 0.25) is 0 Å². The largest absolute Gasteiger partial charge is 0.497 e. The topological polar surface area (TPSA) is 21.3 Å². The molecule has 0 fully saturated rings. The zero-order valence-corrected chi connectivity index (χ0v) is 13.4. The van der Waals surface area contributed by atoms with Gasteiger partial charge in [-0.05, 0) is 62.6 Å². The van der Waals surface area contributed by atoms with Gasteiger partial charge in [0.2, 0.25) is 0 Å². The van der Waals surface area contributed by atoms with Crippen LogP contribution < -0.4 is 10.1 Å². The van der Waals surface area contributed by atoms with Gasteiger partial charge in [0.05, 0.1) is 7.11 Å². The average Bonchev–Trinajstić information content (AvgIpc) is 2.49. The number of aryl methyl sites for hydroxylation is 3. The third kappa shape index (κ3) is 4.08. The van der Waals surface area contributed by atoms with E-state index in [0.29, 0.717) is 6.04 Å². The van der Waals surface area contributed by atoms with E-state index in [2.05, 4.69) is 55.6 Å². The fourth-order valence-corrected chi connectivity index (χ4v) is 2.80. The van der Waals surface area contributed by atoms with Gasteiger partial charge in [-0.2, -0.15) is 0 Å². The lowest BCUT2D eigenvalue weighted by Crippen LogP contribution is -2.18. The van der Waals surface area contributed by atoms with Crippen LogP contribution in [0.25, 0.3) is 0 Å². The van der Waals surface area contributed by atoms with E-state index < -0.39 is 0 Å². The van der Waals surface area contributed by atoms with E-state index in [-0.39, 0.29) is 0 Å². The van der Waals surface area contributed by atoms with Gasteiger partial charge in [-0.25, -0.2) is 0 Å². The van der Waals surface area contributed by atoms with Crippen LogP contribution in [0.4, 0.5) is 0 Å². The number of hydrogen-bond donors (Lipinski definition) is 1. The summed E-state index contributed by atoms with van der Waals surface area (Å²) >= 11 is 0. The van der Waals surface area contributed by atoms with Gasteiger partial charge in [-0.15, -0.1) is 0 Å². The molecule has 21 heavy (non-hydrogen) atoms. The molecule has 0 amide bonds. The molecule has 1 atom stereocenters. The molecule has 0 bridgehead atoms. The Labute approximate surface area is 128 Å². The molecule has 1 unspecified atom stereocenters. The minimum absolute atomic E-state index is 0.372. The lowest BCUT2D eigenvalue weighted by atomic mass is 9.95. The van der Waals surface area contributed by atoms with Crippen molar-refractivity contribution in [1.29, 1.82) is 0 Å². The van der Waals surface area contributed by atoms with Gasteiger partial charge < -0.3 is 10.1 Å². The first-order valence-corrected chi connectivity index (χ1v) is 7.51. The fourth-order valence-electron chi connectivity index (χ4n) is 2.80. The molecule has 2 rings (SSSR count). The van der Waals surface area contributed by atoms with E-state index in [9.17, 15) is 0 Å². The smallest absolute Gasteiger partial charge is 0.119 e. The maximum atomic E-state index is 5.29. The lowest BCUT2D eigenvalue weighted by Gasteiger charge is -2.19. The minimum Gasteiger partial charge on any atom is -0.497 e. The van der Waals surface area contributed by atoms with E-state index in [4.69, 9.17) is 4.74 Å². The molecule has 0 radical (unpaired) electrons. The number of hydrogen-bond acceptors (Lipinski definition) is 2. The van der Waals surface area contributed by atoms with Crippen molar-refractivity contribution < 1.29 is 4.74 Å². The highest BCUT2D eigenvalue weighted by Gasteiger charge is 2.12. The summed E-state index contributed by atoms with van der Waals surface area (Å²) < 4.78 is 5.29. The molecule has 0 saturated carbocycles. The second-order valence-corrected chi connectivity index (χ2v) is 5.59. The first-order valence-electron chi connectivity index (χ1n) is 7.51. The van der Waals surface area contributed by atoms with Crippen molar-refractivity contribution >= 4 is 0 Å². The maximum Gasteiger partial charge on any atom is 0.119 e. The van der Waals surface area contributed by atoms with Gasteiger partial charge in [0.1, 0.15) is 5.75 Å². The van der Waals surface area contributed by atoms with Gasteiger partial charge in [0, 0.05) is 6.04 Å². The number of rotatable bonds is 6. The molecule has 0 aliphatic heterocycles. The predicted molar refractivity (Wildman–Crippen MR) is 89.0 cm³/mol. The van der Waals surface area contributed by atoms with Gasteiger partial charge in [0.15, 0.2) is 0 Å². The second-order valence-electron chi connectivity index (χ2n) is 5.59. The van der Waals surface area contributed by atoms with Crippen molar-refractivity contribution in [2.24, 2.45) is 0 Å². The Balaban J connectivity index is 2.09. The van der Waals surface area contributed by atoms with Crippen molar-refractivity contribution in [3.8, 4) is 5.75 Å². The number of benzene rings is 2. The van der Waals surface area contributed by atoms with Gasteiger partial charge >= 0.3 is 0 Å². The molecule has 0 heterocycles. The minimum atomic E-state index is 0.372. The van der Waals surface area contributed by atoms with Crippen molar-refractivity contribution in [3.05, 3.63) is 64.7 Å². The standard InChI is InChI=1S/C19H25NO/c1-14-6-5-7-16(12-14)8-11-19(20-3)18-10-9-17(21-4)13-15(18)2/h5-7,9-10,12-13,19-20H,8,11H2,1-4H3. The summed E-state index contributed by atoms with van der Waals surface area (Å²) in [5.74, 6) is 0.921. The monoisotopic (exact) mass is 283 g/mol. The van der Waals surface area contributed by atoms with Crippen LogP contribution >= 0.6 is 0 Å². The van der Waals surface area contributed by atoms with E-state index >= 15 is 0 Å². The summed E-state index contributed by atoms with van der Waals surface area (Å²) in [6.07, 6.45) is 2.17. The van der Waals surface area contributed by atoms with Crippen molar-refractivity contribution in [2.75, 3.05) is 14.2 Å². The Morgan fingerprint density at radius 1 is 1.10 bits per heavy atom. The molecule has 2 aromatic carbocycles. The number of ether oxygens (including phenoxy) is 1. The highest BCUT2D eigenvalue weighted by Crippen LogP contribution is 2.25. The van der Waals surface area contributed by atoms with Gasteiger partial charge in [0.25, 0.3) is 0 Å². The first-order chi connectivity index (χ1) is 10.1. The summed E-state index contributed by atoms with van der Waals surface area (Å²) in [4.78, 5) is 0. The molecular formula is C19H25NO. The quantitative estimate of drug-likeness (QED) is 0.857. The van der Waals surface area contributed by atoms with Crippen molar-refractivity contribution in [3.63, 3.8) is 0 Å². The first kappa shape index (κ1) is 15.6. The third-order valence-corrected chi connectivity index (χ3v) is 4.01. The van der Waals surface area contributed by atoms with Crippen LogP contribution in [0.3, 0.4) is 0 Å². The Hall–Kier alpha value is -1.80. The van der Waals surface area contributed by atoms with Crippen LogP contribution in [-0.4, -0.2) is 14.2 Å². The van der Waals surface area contributed by atoms with Crippen LogP contribution in [-0.2, 0) is 6.42 Å². The van der Waals surface area contributed by atoms with Crippen LogP contribution in [0, 0.1) is 13.8 Å². The Kier molecular flexibility index (Phi) is 5.40. The molecular weight excluding hydrogens is 258 g/mol. The SMILES string of the molecule is CNC(CCc1cccc(C)c1)c1ccc(OC)cc1C. The summed E-state index contributed by atoms with van der Waals surface area (Å²) in [5.41, 5.74) is 5.36. The fraction of sp³-hybridized carbons (Fsp3) is 0.368. The van der Waals surface area contributed by atoms with E-state index in [1.807, 2.05) is 13.1 Å². The van der Waals surface area contributed by atoms with Crippen LogP contribution in [0.5, 0.6) is 5.75 Å². The maximum absolute atomic E-state index is 5.29. The van der Waals surface area contributed by atoms with E-state index in [1.165, 1.54) is 22.3 Å². The highest BCUT2D eigenvalue weighted by molar-refractivity contribution is 5.36. The Morgan fingerprint density at radius 3 is 2.52 bits per heavy atom. The molecule has 2 heteroatoms. The molecule has 0 aromatic heterocycles. The summed E-state index contributed by atoms with van der Waals surface area (Å²) in [7, 11) is 3.74. The Morgan fingerprint density at radius 2 is 1.90 bits per heavy atom. The molecule has 0 spiro atoms. The zero-order chi connectivity index (χ0) is 15.2. The third-order valence-electron chi connectivity index (χ3n) is 4.01. The summed E-state index contributed by atoms with van der Waals surface area (Å²) in [6.45, 7) is 4.29. The van der Waals surface area contributed by atoms with Crippen LogP contribution in [0.15, 0.2) is 42.5 Å². The number of nitrogens with one attached hydrogen (secondary N) is 1. The predicted octanol–water partition coefficient (Wildman–Crippen LogP) is 4.21. The van der Waals surface area contributed by atoms with Crippen molar-refractivity contribution in [2.45, 2.75) is 32.7 Å². The normalized spacial score (nSPS) is 12.2. The highest BCUT2D eigenvalue weighted by atomic mass is 16.5. The second kappa shape index (κ2) is 7.28. The molecule has 2 nitrogen and oxygen atoms in total.